The van der Waals surface area contributed by atoms with Crippen molar-refractivity contribution < 1.29 is 0 Å². The van der Waals surface area contributed by atoms with Gasteiger partial charge in [-0.3, -0.25) is 5.41 Å². The van der Waals surface area contributed by atoms with Gasteiger partial charge in [-0.15, -0.1) is 0 Å². The average Bonchev–Trinajstić information content (AvgIpc) is 2.30. The molecule has 1 fully saturated rings. The van der Waals surface area contributed by atoms with Crippen LogP contribution in [0.3, 0.4) is 0 Å². The number of nitrogens with two attached hydrogens (primary N) is 1. The molecule has 0 saturated carbocycles. The van der Waals surface area contributed by atoms with E-state index in [0.29, 0.717) is 27.0 Å². The van der Waals surface area contributed by atoms with Gasteiger partial charge >= 0.3 is 0 Å². The molecule has 17 heavy (non-hydrogen) atoms. The van der Waals surface area contributed by atoms with Gasteiger partial charge in [0.1, 0.15) is 21.7 Å². The topological polar surface area (TPSA) is 99.7 Å². The molecule has 0 atom stereocenters. The highest BCUT2D eigenvalue weighted by atomic mass is 127. The van der Waals surface area contributed by atoms with Gasteiger partial charge in [0.15, 0.2) is 0 Å². The molecule has 0 spiro atoms. The summed E-state index contributed by atoms with van der Waals surface area (Å²) in [5.74, 6) is 1.03. The van der Waals surface area contributed by atoms with Crippen LogP contribution in [0.5, 0.6) is 0 Å². The van der Waals surface area contributed by atoms with Crippen LogP contribution in [-0.4, -0.2) is 32.8 Å². The highest BCUT2D eigenvalue weighted by Crippen LogP contribution is 2.22. The Morgan fingerprint density at radius 2 is 2.18 bits per heavy atom. The summed E-state index contributed by atoms with van der Waals surface area (Å²) in [5, 5.41) is 14.4. The Morgan fingerprint density at radius 1 is 1.47 bits per heavy atom. The first-order chi connectivity index (χ1) is 8.18. The SMILES string of the molecule is N=C(I)c1c(N)ncnc1NC1CCNCC1. The van der Waals surface area contributed by atoms with E-state index in [9.17, 15) is 0 Å². The van der Waals surface area contributed by atoms with Gasteiger partial charge in [-0.05, 0) is 48.5 Å². The van der Waals surface area contributed by atoms with Crippen LogP contribution in [0.15, 0.2) is 6.33 Å². The molecule has 1 saturated heterocycles. The van der Waals surface area contributed by atoms with Crippen LogP contribution in [0, 0.1) is 5.41 Å². The number of nitrogens with one attached hydrogen (secondary N) is 3. The van der Waals surface area contributed by atoms with Gasteiger partial charge in [0.25, 0.3) is 0 Å². The molecule has 0 bridgehead atoms. The fourth-order valence-corrected chi connectivity index (χ4v) is 2.42. The maximum Gasteiger partial charge on any atom is 0.141 e. The van der Waals surface area contributed by atoms with E-state index in [1.165, 1.54) is 6.33 Å². The Labute approximate surface area is 113 Å². The van der Waals surface area contributed by atoms with Crippen molar-refractivity contribution in [2.24, 2.45) is 0 Å². The van der Waals surface area contributed by atoms with Crippen LogP contribution in [-0.2, 0) is 0 Å². The minimum Gasteiger partial charge on any atom is -0.383 e. The van der Waals surface area contributed by atoms with Crippen molar-refractivity contribution in [1.29, 1.82) is 5.41 Å². The summed E-state index contributed by atoms with van der Waals surface area (Å²) in [4.78, 5) is 8.11. The third-order valence-corrected chi connectivity index (χ3v) is 3.32. The minimum atomic E-state index is 0.357. The number of hydrogen-bond donors (Lipinski definition) is 4. The lowest BCUT2D eigenvalue weighted by Crippen LogP contribution is -2.35. The third-order valence-electron chi connectivity index (χ3n) is 2.78. The van der Waals surface area contributed by atoms with E-state index in [4.69, 9.17) is 11.1 Å². The van der Waals surface area contributed by atoms with E-state index >= 15 is 0 Å². The second-order valence-electron chi connectivity index (χ2n) is 3.97. The van der Waals surface area contributed by atoms with Gasteiger partial charge in [0, 0.05) is 6.04 Å². The molecule has 92 valence electrons. The second kappa shape index (κ2) is 5.58. The lowest BCUT2D eigenvalue weighted by Gasteiger charge is -2.25. The van der Waals surface area contributed by atoms with Crippen molar-refractivity contribution in [2.45, 2.75) is 18.9 Å². The number of aromatic nitrogens is 2. The van der Waals surface area contributed by atoms with Gasteiger partial charge in [-0.1, -0.05) is 0 Å². The Kier molecular flexibility index (Phi) is 4.11. The van der Waals surface area contributed by atoms with Gasteiger partial charge in [0.05, 0.1) is 5.56 Å². The first-order valence-electron chi connectivity index (χ1n) is 5.50. The molecule has 7 heteroatoms. The molecule has 1 aliphatic heterocycles. The zero-order chi connectivity index (χ0) is 12.3. The number of nitrogens with zero attached hydrogens (tertiary/aromatic N) is 2. The van der Waals surface area contributed by atoms with Crippen molar-refractivity contribution in [3.63, 3.8) is 0 Å². The molecule has 1 aromatic heterocycles. The molecule has 1 aliphatic rings. The maximum atomic E-state index is 7.71. The average molecular weight is 346 g/mol. The second-order valence-corrected chi connectivity index (χ2v) is 5.04. The molecular weight excluding hydrogens is 331 g/mol. The Bertz CT molecular complexity index is 415. The highest BCUT2D eigenvalue weighted by molar-refractivity contribution is 14.1. The largest absolute Gasteiger partial charge is 0.383 e. The van der Waals surface area contributed by atoms with E-state index < -0.39 is 0 Å². The summed E-state index contributed by atoms with van der Waals surface area (Å²) in [5.41, 5.74) is 6.38. The first kappa shape index (κ1) is 12.5. The van der Waals surface area contributed by atoms with Crippen molar-refractivity contribution in [2.75, 3.05) is 24.1 Å². The molecule has 0 aromatic carbocycles. The van der Waals surface area contributed by atoms with Crippen molar-refractivity contribution in [3.05, 3.63) is 11.9 Å². The summed E-state index contributed by atoms with van der Waals surface area (Å²) in [7, 11) is 0. The Balaban J connectivity index is 2.19. The predicted octanol–water partition coefficient (Wildman–Crippen LogP) is 0.983. The van der Waals surface area contributed by atoms with E-state index in [2.05, 4.69) is 20.6 Å². The summed E-state index contributed by atoms with van der Waals surface area (Å²) in [6, 6.07) is 0.389. The normalized spacial score (nSPS) is 16.8. The number of nitrogen functional groups attached to an aromatic ring is 1. The lowest BCUT2D eigenvalue weighted by molar-refractivity contribution is 0.478. The maximum absolute atomic E-state index is 7.71. The highest BCUT2D eigenvalue weighted by Gasteiger charge is 2.17. The van der Waals surface area contributed by atoms with Crippen molar-refractivity contribution in [3.8, 4) is 0 Å². The van der Waals surface area contributed by atoms with Crippen LogP contribution in [0.1, 0.15) is 18.4 Å². The monoisotopic (exact) mass is 346 g/mol. The van der Waals surface area contributed by atoms with Crippen molar-refractivity contribution in [1.82, 2.24) is 15.3 Å². The molecule has 0 radical (unpaired) electrons. The molecule has 2 heterocycles. The fourth-order valence-electron chi connectivity index (χ4n) is 1.88. The van der Waals surface area contributed by atoms with Gasteiger partial charge < -0.3 is 16.4 Å². The molecule has 5 N–H and O–H groups in total. The standard InChI is InChI=1S/C10H15IN6/c11-8(12)7-9(13)15-5-16-10(7)17-6-1-3-14-4-2-6/h5-6,12,14H,1-4H2,(H3,13,15,16,17). The number of piperidine rings is 1. The minimum absolute atomic E-state index is 0.357. The van der Waals surface area contributed by atoms with Gasteiger partial charge in [-0.25, -0.2) is 9.97 Å². The summed E-state index contributed by atoms with van der Waals surface area (Å²) in [6.07, 6.45) is 3.54. The van der Waals surface area contributed by atoms with Crippen LogP contribution in [0.4, 0.5) is 11.6 Å². The zero-order valence-electron chi connectivity index (χ0n) is 9.33. The first-order valence-corrected chi connectivity index (χ1v) is 6.58. The van der Waals surface area contributed by atoms with Crippen LogP contribution < -0.4 is 16.4 Å². The number of hydrogen-bond acceptors (Lipinski definition) is 6. The smallest absolute Gasteiger partial charge is 0.141 e. The van der Waals surface area contributed by atoms with Gasteiger partial charge in [-0.2, -0.15) is 0 Å². The quantitative estimate of drug-likeness (QED) is 0.483. The summed E-state index contributed by atoms with van der Waals surface area (Å²) in [6.45, 7) is 2.02. The summed E-state index contributed by atoms with van der Waals surface area (Å²) < 4.78 is 0.358. The number of anilines is 2. The predicted molar refractivity (Wildman–Crippen MR) is 76.8 cm³/mol. The van der Waals surface area contributed by atoms with Crippen LogP contribution in [0.2, 0.25) is 0 Å². The zero-order valence-corrected chi connectivity index (χ0v) is 11.5. The molecule has 6 nitrogen and oxygen atoms in total. The molecule has 1 aromatic rings. The molecular formula is C10H15IN6. The molecule has 0 amide bonds. The number of halogens is 1. The lowest BCUT2D eigenvalue weighted by atomic mass is 10.1. The van der Waals surface area contributed by atoms with Crippen LogP contribution in [0.25, 0.3) is 0 Å². The third kappa shape index (κ3) is 3.03. The fraction of sp³-hybridized carbons (Fsp3) is 0.500. The molecule has 0 unspecified atom stereocenters. The van der Waals surface area contributed by atoms with Gasteiger partial charge in [0.2, 0.25) is 0 Å². The van der Waals surface area contributed by atoms with Crippen LogP contribution >= 0.6 is 22.6 Å². The summed E-state index contributed by atoms with van der Waals surface area (Å²) >= 11 is 1.92. The van der Waals surface area contributed by atoms with Crippen molar-refractivity contribution >= 4 is 37.9 Å². The Hall–Kier alpha value is -0.960. The van der Waals surface area contributed by atoms with E-state index in [-0.39, 0.29) is 0 Å². The van der Waals surface area contributed by atoms with E-state index in [1.807, 2.05) is 22.6 Å². The Morgan fingerprint density at radius 3 is 2.82 bits per heavy atom. The number of rotatable bonds is 3. The molecule has 0 aliphatic carbocycles. The molecule has 2 rings (SSSR count). The van der Waals surface area contributed by atoms with E-state index in [1.54, 1.807) is 0 Å². The van der Waals surface area contributed by atoms with E-state index in [0.717, 1.165) is 25.9 Å².